The first-order chi connectivity index (χ1) is 7.61. The third kappa shape index (κ3) is 1.38. The number of benzene rings is 1. The van der Waals surface area contributed by atoms with E-state index in [1.54, 1.807) is 6.07 Å². The zero-order valence-corrected chi connectivity index (χ0v) is 8.92. The van der Waals surface area contributed by atoms with Crippen LogP contribution in [-0.2, 0) is 6.42 Å². The Labute approximate surface area is 93.1 Å². The van der Waals surface area contributed by atoms with Crippen molar-refractivity contribution in [3.63, 3.8) is 0 Å². The molecule has 1 aromatic rings. The average molecular weight is 224 g/mol. The lowest BCUT2D eigenvalue weighted by Gasteiger charge is -2.14. The van der Waals surface area contributed by atoms with Crippen molar-refractivity contribution in [1.82, 2.24) is 0 Å². The highest BCUT2D eigenvalue weighted by molar-refractivity contribution is 5.26. The molecule has 2 aliphatic carbocycles. The van der Waals surface area contributed by atoms with Crippen LogP contribution in [0.4, 0.5) is 8.78 Å². The molecule has 0 spiro atoms. The molecule has 1 nitrogen and oxygen atoms in total. The molecule has 2 aliphatic rings. The molecule has 3 heteroatoms. The van der Waals surface area contributed by atoms with E-state index in [4.69, 9.17) is 0 Å². The monoisotopic (exact) mass is 224 g/mol. The Bertz CT molecular complexity index is 420. The van der Waals surface area contributed by atoms with Crippen LogP contribution in [-0.4, -0.2) is 10.7 Å². The van der Waals surface area contributed by atoms with Gasteiger partial charge in [0.25, 0.3) is 0 Å². The van der Waals surface area contributed by atoms with Gasteiger partial charge in [0.15, 0.2) is 11.6 Å². The smallest absolute Gasteiger partial charge is 0.159 e. The third-order valence-electron chi connectivity index (χ3n) is 4.16. The summed E-state index contributed by atoms with van der Waals surface area (Å²) in [5.74, 6) is -0.875. The maximum atomic E-state index is 13.0. The molecule has 16 heavy (non-hydrogen) atoms. The van der Waals surface area contributed by atoms with Crippen LogP contribution in [0.5, 0.6) is 0 Å². The van der Waals surface area contributed by atoms with Crippen LogP contribution in [0, 0.1) is 23.5 Å². The first-order valence-electron chi connectivity index (χ1n) is 5.77. The van der Waals surface area contributed by atoms with Crippen molar-refractivity contribution < 1.29 is 13.9 Å². The molecule has 2 atom stereocenters. The maximum absolute atomic E-state index is 13.0. The Morgan fingerprint density at radius 1 is 1.19 bits per heavy atom. The Hall–Kier alpha value is -0.960. The quantitative estimate of drug-likeness (QED) is 0.818. The minimum Gasteiger partial charge on any atom is -0.389 e. The molecular formula is C13H14F2O. The fraction of sp³-hybridized carbons (Fsp3) is 0.538. The summed E-state index contributed by atoms with van der Waals surface area (Å²) < 4.78 is 25.7. The standard InChI is InChI=1S/C13H14F2O/c14-11-5-4-8(6-12(11)15)7-13(16)9-2-1-3-10(9)13/h4-6,9-10,16H,1-3,7H2. The SMILES string of the molecule is OC1(Cc2ccc(F)c(F)c2)C2CCCC21. The molecule has 1 aromatic carbocycles. The zero-order chi connectivity index (χ0) is 11.3. The van der Waals surface area contributed by atoms with Crippen molar-refractivity contribution >= 4 is 0 Å². The highest BCUT2D eigenvalue weighted by Gasteiger charge is 2.64. The summed E-state index contributed by atoms with van der Waals surface area (Å²) in [4.78, 5) is 0. The second kappa shape index (κ2) is 3.27. The molecular weight excluding hydrogens is 210 g/mol. The largest absolute Gasteiger partial charge is 0.389 e. The average Bonchev–Trinajstić information content (AvgIpc) is 2.69. The van der Waals surface area contributed by atoms with E-state index in [0.29, 0.717) is 23.8 Å². The van der Waals surface area contributed by atoms with Crippen molar-refractivity contribution in [3.05, 3.63) is 35.4 Å². The van der Waals surface area contributed by atoms with Crippen LogP contribution >= 0.6 is 0 Å². The molecule has 0 aromatic heterocycles. The van der Waals surface area contributed by atoms with Gasteiger partial charge < -0.3 is 5.11 Å². The van der Waals surface area contributed by atoms with Gasteiger partial charge in [-0.3, -0.25) is 0 Å². The van der Waals surface area contributed by atoms with E-state index in [1.165, 1.54) is 12.5 Å². The van der Waals surface area contributed by atoms with E-state index in [-0.39, 0.29) is 0 Å². The van der Waals surface area contributed by atoms with Crippen LogP contribution in [0.15, 0.2) is 18.2 Å². The van der Waals surface area contributed by atoms with E-state index in [0.717, 1.165) is 18.9 Å². The summed E-state index contributed by atoms with van der Waals surface area (Å²) in [6.45, 7) is 0. The number of halogens is 2. The van der Waals surface area contributed by atoms with E-state index < -0.39 is 17.2 Å². The number of hydrogen-bond acceptors (Lipinski definition) is 1. The summed E-state index contributed by atoms with van der Waals surface area (Å²) in [5, 5.41) is 10.3. The lowest BCUT2D eigenvalue weighted by atomic mass is 9.99. The summed E-state index contributed by atoms with van der Waals surface area (Å²) >= 11 is 0. The molecule has 1 N–H and O–H groups in total. The summed E-state index contributed by atoms with van der Waals surface area (Å²) in [6, 6.07) is 3.89. The van der Waals surface area contributed by atoms with Gasteiger partial charge >= 0.3 is 0 Å². The Morgan fingerprint density at radius 3 is 2.50 bits per heavy atom. The van der Waals surface area contributed by atoms with E-state index in [2.05, 4.69) is 0 Å². The fourth-order valence-electron chi connectivity index (χ4n) is 3.29. The van der Waals surface area contributed by atoms with Gasteiger partial charge in [0, 0.05) is 6.42 Å². The van der Waals surface area contributed by atoms with Crippen LogP contribution in [0.3, 0.4) is 0 Å². The van der Waals surface area contributed by atoms with Crippen LogP contribution < -0.4 is 0 Å². The molecule has 2 saturated carbocycles. The first kappa shape index (κ1) is 10.2. The highest BCUT2D eigenvalue weighted by Crippen LogP contribution is 2.61. The van der Waals surface area contributed by atoms with Gasteiger partial charge in [-0.15, -0.1) is 0 Å². The highest BCUT2D eigenvalue weighted by atomic mass is 19.2. The molecule has 0 bridgehead atoms. The maximum Gasteiger partial charge on any atom is 0.159 e. The Kier molecular flexibility index (Phi) is 2.08. The fourth-order valence-corrected chi connectivity index (χ4v) is 3.29. The molecule has 2 fully saturated rings. The van der Waals surface area contributed by atoms with Crippen LogP contribution in [0.25, 0.3) is 0 Å². The molecule has 0 saturated heterocycles. The van der Waals surface area contributed by atoms with Gasteiger partial charge in [0.05, 0.1) is 5.60 Å². The van der Waals surface area contributed by atoms with Gasteiger partial charge in [0.2, 0.25) is 0 Å². The second-order valence-corrected chi connectivity index (χ2v) is 5.06. The summed E-state index contributed by atoms with van der Waals surface area (Å²) in [5.41, 5.74) is 0.0542. The van der Waals surface area contributed by atoms with Crippen molar-refractivity contribution in [2.45, 2.75) is 31.3 Å². The van der Waals surface area contributed by atoms with Crippen molar-refractivity contribution in [3.8, 4) is 0 Å². The van der Waals surface area contributed by atoms with Crippen molar-refractivity contribution in [2.75, 3.05) is 0 Å². The zero-order valence-electron chi connectivity index (χ0n) is 8.92. The molecule has 2 unspecified atom stereocenters. The molecule has 86 valence electrons. The van der Waals surface area contributed by atoms with Gasteiger partial charge in [-0.05, 0) is 42.4 Å². The lowest BCUT2D eigenvalue weighted by molar-refractivity contribution is 0.106. The number of fused-ring (bicyclic) bond motifs is 1. The van der Waals surface area contributed by atoms with Gasteiger partial charge in [-0.1, -0.05) is 12.5 Å². The van der Waals surface area contributed by atoms with Crippen molar-refractivity contribution in [2.24, 2.45) is 11.8 Å². The number of rotatable bonds is 2. The Balaban J connectivity index is 1.78. The molecule has 0 amide bonds. The molecule has 0 radical (unpaired) electrons. The molecule has 0 heterocycles. The second-order valence-electron chi connectivity index (χ2n) is 5.06. The summed E-state index contributed by atoms with van der Waals surface area (Å²) in [7, 11) is 0. The Morgan fingerprint density at radius 2 is 1.88 bits per heavy atom. The van der Waals surface area contributed by atoms with Crippen molar-refractivity contribution in [1.29, 1.82) is 0 Å². The minimum absolute atomic E-state index is 0.389. The van der Waals surface area contributed by atoms with Gasteiger partial charge in [-0.25, -0.2) is 8.78 Å². The summed E-state index contributed by atoms with van der Waals surface area (Å²) in [6.07, 6.45) is 3.80. The lowest BCUT2D eigenvalue weighted by Crippen LogP contribution is -2.19. The minimum atomic E-state index is -0.827. The van der Waals surface area contributed by atoms with Gasteiger partial charge in [-0.2, -0.15) is 0 Å². The topological polar surface area (TPSA) is 20.2 Å². The first-order valence-corrected chi connectivity index (χ1v) is 5.77. The molecule has 3 rings (SSSR count). The van der Waals surface area contributed by atoms with Crippen LogP contribution in [0.2, 0.25) is 0 Å². The number of hydrogen-bond donors (Lipinski definition) is 1. The number of aliphatic hydroxyl groups is 1. The third-order valence-corrected chi connectivity index (χ3v) is 4.16. The van der Waals surface area contributed by atoms with E-state index >= 15 is 0 Å². The van der Waals surface area contributed by atoms with Gasteiger partial charge in [0.1, 0.15) is 0 Å². The molecule has 0 aliphatic heterocycles. The van der Waals surface area contributed by atoms with E-state index in [9.17, 15) is 13.9 Å². The van der Waals surface area contributed by atoms with Crippen LogP contribution in [0.1, 0.15) is 24.8 Å². The normalized spacial score (nSPS) is 36.2. The predicted octanol–water partition coefficient (Wildman–Crippen LogP) is 2.67. The predicted molar refractivity (Wildman–Crippen MR) is 55.8 cm³/mol. The van der Waals surface area contributed by atoms with E-state index in [1.807, 2.05) is 0 Å².